The Balaban J connectivity index is 2.38. The maximum Gasteiger partial charge on any atom is 0.269 e. The van der Waals surface area contributed by atoms with Gasteiger partial charge in [0.25, 0.3) is 5.91 Å². The van der Waals surface area contributed by atoms with Crippen molar-refractivity contribution in [1.29, 1.82) is 0 Å². The predicted octanol–water partition coefficient (Wildman–Crippen LogP) is 0.216. The van der Waals surface area contributed by atoms with E-state index in [4.69, 9.17) is 5.73 Å². The molecule has 5 nitrogen and oxygen atoms in total. The number of carbonyl (C=O) groups excluding carboxylic acids is 2. The van der Waals surface area contributed by atoms with Crippen molar-refractivity contribution >= 4 is 11.8 Å². The number of amides is 2. The summed E-state index contributed by atoms with van der Waals surface area (Å²) in [6.45, 7) is 0.306. The number of halogens is 1. The fraction of sp³-hybridized carbons (Fsp3) is 0.300. The van der Waals surface area contributed by atoms with Gasteiger partial charge in [0.1, 0.15) is 5.69 Å². The van der Waals surface area contributed by atoms with Gasteiger partial charge in [-0.1, -0.05) is 6.07 Å². The lowest BCUT2D eigenvalue weighted by atomic mass is 10.3. The molecule has 0 aliphatic heterocycles. The highest BCUT2D eigenvalue weighted by molar-refractivity contribution is 5.92. The zero-order valence-corrected chi connectivity index (χ0v) is 8.57. The molecule has 1 aromatic rings. The second-order valence-corrected chi connectivity index (χ2v) is 3.17. The minimum absolute atomic E-state index is 0.0130. The SMILES string of the molecule is NC(=O)CCCNC(=O)c1cccc(F)n1. The Morgan fingerprint density at radius 3 is 2.81 bits per heavy atom. The minimum Gasteiger partial charge on any atom is -0.370 e. The Morgan fingerprint density at radius 1 is 1.44 bits per heavy atom. The standard InChI is InChI=1S/C10H12FN3O2/c11-8-4-1-3-7(14-8)10(16)13-6-2-5-9(12)15/h1,3-4H,2,5-6H2,(H2,12,15)(H,13,16). The summed E-state index contributed by atoms with van der Waals surface area (Å²) in [5.41, 5.74) is 4.94. The molecule has 0 aliphatic carbocycles. The van der Waals surface area contributed by atoms with Crippen LogP contribution in [0.25, 0.3) is 0 Å². The van der Waals surface area contributed by atoms with E-state index in [1.54, 1.807) is 0 Å². The Bertz CT molecular complexity index is 395. The molecular formula is C10H12FN3O2. The average Bonchev–Trinajstić information content (AvgIpc) is 2.24. The molecule has 0 aliphatic rings. The third kappa shape index (κ3) is 4.04. The first kappa shape index (κ1) is 12.1. The van der Waals surface area contributed by atoms with Gasteiger partial charge in [0, 0.05) is 13.0 Å². The van der Waals surface area contributed by atoms with E-state index in [1.165, 1.54) is 12.1 Å². The van der Waals surface area contributed by atoms with Crippen molar-refractivity contribution in [1.82, 2.24) is 10.3 Å². The van der Waals surface area contributed by atoms with Gasteiger partial charge in [-0.25, -0.2) is 4.98 Å². The second-order valence-electron chi connectivity index (χ2n) is 3.17. The lowest BCUT2D eigenvalue weighted by Crippen LogP contribution is -2.26. The summed E-state index contributed by atoms with van der Waals surface area (Å²) >= 11 is 0. The molecule has 0 saturated carbocycles. The van der Waals surface area contributed by atoms with E-state index in [2.05, 4.69) is 10.3 Å². The molecule has 2 amide bonds. The normalized spacial score (nSPS) is 9.81. The first-order valence-corrected chi connectivity index (χ1v) is 4.78. The molecular weight excluding hydrogens is 213 g/mol. The van der Waals surface area contributed by atoms with Gasteiger partial charge in [0.05, 0.1) is 0 Å². The molecule has 1 aromatic heterocycles. The summed E-state index contributed by atoms with van der Waals surface area (Å²) in [6.07, 6.45) is 0.660. The summed E-state index contributed by atoms with van der Waals surface area (Å²) in [4.78, 5) is 25.2. The molecule has 6 heteroatoms. The molecule has 16 heavy (non-hydrogen) atoms. The van der Waals surface area contributed by atoms with E-state index < -0.39 is 17.8 Å². The van der Waals surface area contributed by atoms with Gasteiger partial charge in [0.15, 0.2) is 0 Å². The van der Waals surface area contributed by atoms with Gasteiger partial charge in [-0.2, -0.15) is 4.39 Å². The van der Waals surface area contributed by atoms with Gasteiger partial charge in [0.2, 0.25) is 11.9 Å². The summed E-state index contributed by atoms with van der Waals surface area (Å²) in [7, 11) is 0. The summed E-state index contributed by atoms with van der Waals surface area (Å²) in [5, 5.41) is 2.51. The van der Waals surface area contributed by atoms with Crippen LogP contribution < -0.4 is 11.1 Å². The van der Waals surface area contributed by atoms with Crippen LogP contribution in [0.5, 0.6) is 0 Å². The largest absolute Gasteiger partial charge is 0.370 e. The maximum absolute atomic E-state index is 12.7. The van der Waals surface area contributed by atoms with Crippen molar-refractivity contribution in [3.8, 4) is 0 Å². The highest BCUT2D eigenvalue weighted by Gasteiger charge is 2.07. The van der Waals surface area contributed by atoms with Crippen molar-refractivity contribution in [3.05, 3.63) is 29.8 Å². The fourth-order valence-corrected chi connectivity index (χ4v) is 1.09. The fourth-order valence-electron chi connectivity index (χ4n) is 1.09. The first-order chi connectivity index (χ1) is 7.59. The van der Waals surface area contributed by atoms with E-state index in [9.17, 15) is 14.0 Å². The topological polar surface area (TPSA) is 85.1 Å². The number of hydrogen-bond acceptors (Lipinski definition) is 3. The van der Waals surface area contributed by atoms with Crippen LogP contribution in [0.1, 0.15) is 23.3 Å². The summed E-state index contributed by atoms with van der Waals surface area (Å²) < 4.78 is 12.7. The van der Waals surface area contributed by atoms with E-state index in [1.807, 2.05) is 0 Å². The van der Waals surface area contributed by atoms with Gasteiger partial charge >= 0.3 is 0 Å². The van der Waals surface area contributed by atoms with Crippen LogP contribution in [0.3, 0.4) is 0 Å². The molecule has 1 heterocycles. The monoisotopic (exact) mass is 225 g/mol. The predicted molar refractivity (Wildman–Crippen MR) is 55.0 cm³/mol. The van der Waals surface area contributed by atoms with Gasteiger partial charge in [-0.3, -0.25) is 9.59 Å². The molecule has 0 aromatic carbocycles. The van der Waals surface area contributed by atoms with E-state index in [-0.39, 0.29) is 12.1 Å². The van der Waals surface area contributed by atoms with Crippen molar-refractivity contribution in [3.63, 3.8) is 0 Å². The Labute approximate surface area is 91.9 Å². The van der Waals surface area contributed by atoms with E-state index >= 15 is 0 Å². The highest BCUT2D eigenvalue weighted by atomic mass is 19.1. The van der Waals surface area contributed by atoms with Crippen LogP contribution in [0.15, 0.2) is 18.2 Å². The number of nitrogens with zero attached hydrogens (tertiary/aromatic N) is 1. The Morgan fingerprint density at radius 2 is 2.19 bits per heavy atom. The van der Waals surface area contributed by atoms with Crippen molar-refractivity contribution in [2.75, 3.05) is 6.54 Å². The van der Waals surface area contributed by atoms with Crippen LogP contribution in [0.2, 0.25) is 0 Å². The Kier molecular flexibility index (Phi) is 4.38. The number of aromatic nitrogens is 1. The molecule has 0 bridgehead atoms. The number of nitrogens with one attached hydrogen (secondary N) is 1. The number of primary amides is 1. The number of carbonyl (C=O) groups is 2. The average molecular weight is 225 g/mol. The van der Waals surface area contributed by atoms with Crippen LogP contribution in [0, 0.1) is 5.95 Å². The lowest BCUT2D eigenvalue weighted by Gasteiger charge is -2.03. The minimum atomic E-state index is -0.704. The van der Waals surface area contributed by atoms with Crippen molar-refractivity contribution in [2.24, 2.45) is 5.73 Å². The lowest BCUT2D eigenvalue weighted by molar-refractivity contribution is -0.118. The second kappa shape index (κ2) is 5.79. The molecule has 0 unspecified atom stereocenters. The molecule has 86 valence electrons. The number of nitrogens with two attached hydrogens (primary N) is 1. The van der Waals surface area contributed by atoms with Gasteiger partial charge in [-0.05, 0) is 18.6 Å². The zero-order chi connectivity index (χ0) is 12.0. The maximum atomic E-state index is 12.7. The van der Waals surface area contributed by atoms with Crippen molar-refractivity contribution in [2.45, 2.75) is 12.8 Å². The smallest absolute Gasteiger partial charge is 0.269 e. The molecule has 1 rings (SSSR count). The molecule has 0 fully saturated rings. The third-order valence-corrected chi connectivity index (χ3v) is 1.83. The quantitative estimate of drug-likeness (QED) is 0.555. The molecule has 0 saturated heterocycles. The number of rotatable bonds is 5. The molecule has 0 radical (unpaired) electrons. The van der Waals surface area contributed by atoms with Crippen molar-refractivity contribution < 1.29 is 14.0 Å². The van der Waals surface area contributed by atoms with Crippen LogP contribution in [-0.4, -0.2) is 23.3 Å². The summed E-state index contributed by atoms with van der Waals surface area (Å²) in [6, 6.07) is 3.97. The van der Waals surface area contributed by atoms with Crippen LogP contribution in [0.4, 0.5) is 4.39 Å². The van der Waals surface area contributed by atoms with Crippen LogP contribution in [-0.2, 0) is 4.79 Å². The molecule has 0 atom stereocenters. The third-order valence-electron chi connectivity index (χ3n) is 1.83. The molecule has 0 spiro atoms. The first-order valence-electron chi connectivity index (χ1n) is 4.78. The number of pyridine rings is 1. The van der Waals surface area contributed by atoms with E-state index in [0.717, 1.165) is 6.07 Å². The highest BCUT2D eigenvalue weighted by Crippen LogP contribution is 1.97. The van der Waals surface area contributed by atoms with E-state index in [0.29, 0.717) is 13.0 Å². The summed E-state index contributed by atoms with van der Waals surface area (Å²) in [5.74, 6) is -1.59. The Hall–Kier alpha value is -1.98. The number of hydrogen-bond donors (Lipinski definition) is 2. The zero-order valence-electron chi connectivity index (χ0n) is 8.57. The van der Waals surface area contributed by atoms with Gasteiger partial charge < -0.3 is 11.1 Å². The van der Waals surface area contributed by atoms with Crippen LogP contribution >= 0.6 is 0 Å². The molecule has 3 N–H and O–H groups in total. The van der Waals surface area contributed by atoms with Gasteiger partial charge in [-0.15, -0.1) is 0 Å².